The van der Waals surface area contributed by atoms with Gasteiger partial charge in [0.05, 0.1) is 5.69 Å². The standard InChI is InChI=1S/C16H13F2N3O2S/c1-21-16(10-14(19-21)11-5-3-2-4-6-11)20-24(22,23)15-8-7-12(17)9-13(15)18/h2-10,20H,1H3. The third-order valence-corrected chi connectivity index (χ3v) is 4.76. The van der Waals surface area contributed by atoms with Crippen LogP contribution in [0.2, 0.25) is 0 Å². The molecule has 0 aliphatic carbocycles. The third-order valence-electron chi connectivity index (χ3n) is 3.37. The average Bonchev–Trinajstić information content (AvgIpc) is 2.88. The highest BCUT2D eigenvalue weighted by Crippen LogP contribution is 2.24. The summed E-state index contributed by atoms with van der Waals surface area (Å²) in [7, 11) is -2.64. The van der Waals surface area contributed by atoms with Gasteiger partial charge in [0.1, 0.15) is 22.3 Å². The van der Waals surface area contributed by atoms with Gasteiger partial charge < -0.3 is 0 Å². The molecular formula is C16H13F2N3O2S. The molecular weight excluding hydrogens is 336 g/mol. The zero-order valence-electron chi connectivity index (χ0n) is 12.6. The van der Waals surface area contributed by atoms with E-state index in [0.29, 0.717) is 11.8 Å². The van der Waals surface area contributed by atoms with Crippen LogP contribution in [-0.2, 0) is 17.1 Å². The van der Waals surface area contributed by atoms with Crippen molar-refractivity contribution in [3.05, 3.63) is 66.2 Å². The second-order valence-electron chi connectivity index (χ2n) is 5.08. The molecule has 0 fully saturated rings. The lowest BCUT2D eigenvalue weighted by molar-refractivity contribution is 0.550. The molecule has 1 heterocycles. The van der Waals surface area contributed by atoms with E-state index < -0.39 is 26.6 Å². The van der Waals surface area contributed by atoms with E-state index in [2.05, 4.69) is 9.82 Å². The summed E-state index contributed by atoms with van der Waals surface area (Å²) >= 11 is 0. The van der Waals surface area contributed by atoms with E-state index in [-0.39, 0.29) is 5.82 Å². The largest absolute Gasteiger partial charge is 0.265 e. The molecule has 8 heteroatoms. The lowest BCUT2D eigenvalue weighted by Gasteiger charge is -2.08. The van der Waals surface area contributed by atoms with Gasteiger partial charge in [-0.05, 0) is 12.1 Å². The van der Waals surface area contributed by atoms with E-state index in [4.69, 9.17) is 0 Å². The van der Waals surface area contributed by atoms with Crippen LogP contribution < -0.4 is 4.72 Å². The van der Waals surface area contributed by atoms with Crippen LogP contribution in [0.1, 0.15) is 0 Å². The predicted octanol–water partition coefficient (Wildman–Crippen LogP) is 3.17. The van der Waals surface area contributed by atoms with Crippen LogP contribution in [0.4, 0.5) is 14.6 Å². The highest BCUT2D eigenvalue weighted by Gasteiger charge is 2.21. The van der Waals surface area contributed by atoms with Crippen molar-refractivity contribution in [2.45, 2.75) is 4.90 Å². The van der Waals surface area contributed by atoms with Crippen LogP contribution in [-0.4, -0.2) is 18.2 Å². The molecule has 2 aromatic carbocycles. The molecule has 0 radical (unpaired) electrons. The first kappa shape index (κ1) is 16.1. The third kappa shape index (κ3) is 3.13. The first-order valence-electron chi connectivity index (χ1n) is 6.94. The van der Waals surface area contributed by atoms with E-state index in [1.54, 1.807) is 7.05 Å². The van der Waals surface area contributed by atoms with Crippen LogP contribution in [0.5, 0.6) is 0 Å². The maximum atomic E-state index is 13.7. The summed E-state index contributed by atoms with van der Waals surface area (Å²) in [5, 5.41) is 4.23. The number of rotatable bonds is 4. The van der Waals surface area contributed by atoms with Gasteiger partial charge in [-0.1, -0.05) is 30.3 Å². The normalized spacial score (nSPS) is 11.5. The van der Waals surface area contributed by atoms with Gasteiger partial charge in [-0.2, -0.15) is 5.10 Å². The fourth-order valence-electron chi connectivity index (χ4n) is 2.20. The Hall–Kier alpha value is -2.74. The first-order chi connectivity index (χ1) is 11.4. The Morgan fingerprint density at radius 1 is 1.04 bits per heavy atom. The van der Waals surface area contributed by atoms with Crippen molar-refractivity contribution in [2.24, 2.45) is 7.05 Å². The molecule has 3 aromatic rings. The Bertz CT molecular complexity index is 986. The summed E-state index contributed by atoms with van der Waals surface area (Å²) in [6.45, 7) is 0. The number of nitrogens with one attached hydrogen (secondary N) is 1. The van der Waals surface area contributed by atoms with Crippen molar-refractivity contribution in [3.8, 4) is 11.3 Å². The van der Waals surface area contributed by atoms with E-state index in [1.807, 2.05) is 30.3 Å². The van der Waals surface area contributed by atoms with Gasteiger partial charge in [0.25, 0.3) is 10.0 Å². The van der Waals surface area contributed by atoms with Crippen LogP contribution >= 0.6 is 0 Å². The zero-order chi connectivity index (χ0) is 17.3. The molecule has 1 N–H and O–H groups in total. The van der Waals surface area contributed by atoms with Crippen LogP contribution in [0.3, 0.4) is 0 Å². The molecule has 0 aliphatic heterocycles. The number of halogens is 2. The molecule has 0 unspecified atom stereocenters. The first-order valence-corrected chi connectivity index (χ1v) is 8.42. The maximum Gasteiger partial charge on any atom is 0.265 e. The number of hydrogen-bond donors (Lipinski definition) is 1. The second kappa shape index (κ2) is 6.04. The molecule has 0 bridgehead atoms. The number of aromatic nitrogens is 2. The van der Waals surface area contributed by atoms with E-state index in [0.717, 1.165) is 17.7 Å². The summed E-state index contributed by atoms with van der Waals surface area (Å²) < 4.78 is 54.9. The number of anilines is 1. The number of nitrogens with zero attached hydrogens (tertiary/aromatic N) is 2. The molecule has 5 nitrogen and oxygen atoms in total. The van der Waals surface area contributed by atoms with E-state index in [1.165, 1.54) is 10.7 Å². The fraction of sp³-hybridized carbons (Fsp3) is 0.0625. The second-order valence-corrected chi connectivity index (χ2v) is 6.74. The highest BCUT2D eigenvalue weighted by molar-refractivity contribution is 7.92. The lowest BCUT2D eigenvalue weighted by Crippen LogP contribution is -2.16. The quantitative estimate of drug-likeness (QED) is 0.787. The van der Waals surface area contributed by atoms with Gasteiger partial charge in [0.15, 0.2) is 0 Å². The highest BCUT2D eigenvalue weighted by atomic mass is 32.2. The monoisotopic (exact) mass is 349 g/mol. The molecule has 0 aliphatic rings. The molecule has 0 spiro atoms. The number of benzene rings is 2. The summed E-state index contributed by atoms with van der Waals surface area (Å²) in [5.74, 6) is -1.84. The SMILES string of the molecule is Cn1nc(-c2ccccc2)cc1NS(=O)(=O)c1ccc(F)cc1F. The van der Waals surface area contributed by atoms with Gasteiger partial charge in [-0.15, -0.1) is 0 Å². The molecule has 0 saturated heterocycles. The fourth-order valence-corrected chi connectivity index (χ4v) is 3.34. The Morgan fingerprint density at radius 3 is 2.42 bits per heavy atom. The molecule has 1 aromatic heterocycles. The molecule has 24 heavy (non-hydrogen) atoms. The lowest BCUT2D eigenvalue weighted by atomic mass is 10.2. The Kier molecular flexibility index (Phi) is 4.06. The molecule has 0 amide bonds. The number of aryl methyl sites for hydroxylation is 1. The Labute approximate surface area is 137 Å². The van der Waals surface area contributed by atoms with Crippen LogP contribution in [0.15, 0.2) is 59.5 Å². The molecule has 0 atom stereocenters. The summed E-state index contributed by atoms with van der Waals surface area (Å²) in [6.07, 6.45) is 0. The molecule has 3 rings (SSSR count). The van der Waals surface area contributed by atoms with Crippen molar-refractivity contribution >= 4 is 15.8 Å². The number of hydrogen-bond acceptors (Lipinski definition) is 3. The molecule has 124 valence electrons. The number of sulfonamides is 1. The summed E-state index contributed by atoms with van der Waals surface area (Å²) in [6, 6.07) is 13.0. The average molecular weight is 349 g/mol. The summed E-state index contributed by atoms with van der Waals surface area (Å²) in [4.78, 5) is -0.633. The zero-order valence-corrected chi connectivity index (χ0v) is 13.4. The van der Waals surface area contributed by atoms with Crippen molar-refractivity contribution in [1.82, 2.24) is 9.78 Å². The minimum atomic E-state index is -4.20. The van der Waals surface area contributed by atoms with Crippen LogP contribution in [0, 0.1) is 11.6 Å². The minimum absolute atomic E-state index is 0.164. The van der Waals surface area contributed by atoms with E-state index in [9.17, 15) is 17.2 Å². The van der Waals surface area contributed by atoms with Crippen molar-refractivity contribution in [1.29, 1.82) is 0 Å². The predicted molar refractivity (Wildman–Crippen MR) is 85.8 cm³/mol. The molecule has 0 saturated carbocycles. The van der Waals surface area contributed by atoms with Gasteiger partial charge in [-0.25, -0.2) is 17.2 Å². The Morgan fingerprint density at radius 2 is 1.75 bits per heavy atom. The van der Waals surface area contributed by atoms with Gasteiger partial charge in [0, 0.05) is 24.7 Å². The minimum Gasteiger partial charge on any atom is -0.263 e. The van der Waals surface area contributed by atoms with Crippen molar-refractivity contribution in [3.63, 3.8) is 0 Å². The van der Waals surface area contributed by atoms with Crippen LogP contribution in [0.25, 0.3) is 11.3 Å². The van der Waals surface area contributed by atoms with Gasteiger partial charge >= 0.3 is 0 Å². The van der Waals surface area contributed by atoms with Gasteiger partial charge in [0.2, 0.25) is 0 Å². The summed E-state index contributed by atoms with van der Waals surface area (Å²) in [5.41, 5.74) is 1.38. The Balaban J connectivity index is 1.95. The van der Waals surface area contributed by atoms with Crippen molar-refractivity contribution in [2.75, 3.05) is 4.72 Å². The van der Waals surface area contributed by atoms with E-state index >= 15 is 0 Å². The smallest absolute Gasteiger partial charge is 0.263 e. The maximum absolute atomic E-state index is 13.7. The van der Waals surface area contributed by atoms with Crippen molar-refractivity contribution < 1.29 is 17.2 Å². The topological polar surface area (TPSA) is 64.0 Å². The van der Waals surface area contributed by atoms with Gasteiger partial charge in [-0.3, -0.25) is 9.40 Å².